The van der Waals surface area contributed by atoms with Crippen LogP contribution < -0.4 is 16.0 Å². The van der Waals surface area contributed by atoms with Gasteiger partial charge in [-0.1, -0.05) is 0 Å². The zero-order valence-corrected chi connectivity index (χ0v) is 15.4. The van der Waals surface area contributed by atoms with Gasteiger partial charge < -0.3 is 20.9 Å². The minimum Gasteiger partial charge on any atom is -0.370 e. The molecule has 0 radical (unpaired) electrons. The second-order valence-electron chi connectivity index (χ2n) is 6.44. The molecule has 1 fully saturated rings. The van der Waals surface area contributed by atoms with Crippen molar-refractivity contribution in [3.05, 3.63) is 36.7 Å². The monoisotopic (exact) mass is 368 g/mol. The second-order valence-corrected chi connectivity index (χ2v) is 6.44. The van der Waals surface area contributed by atoms with Crippen molar-refractivity contribution in [3.63, 3.8) is 0 Å². The molecule has 0 atom stereocenters. The van der Waals surface area contributed by atoms with Crippen molar-refractivity contribution >= 4 is 34.8 Å². The van der Waals surface area contributed by atoms with Crippen LogP contribution in [-0.4, -0.2) is 46.3 Å². The van der Waals surface area contributed by atoms with E-state index >= 15 is 0 Å². The number of amides is 2. The fourth-order valence-electron chi connectivity index (χ4n) is 2.94. The molecule has 1 saturated heterocycles. The van der Waals surface area contributed by atoms with E-state index in [1.54, 1.807) is 0 Å². The molecule has 8 nitrogen and oxygen atoms in total. The van der Waals surface area contributed by atoms with Gasteiger partial charge in [0, 0.05) is 50.4 Å². The Bertz CT molecular complexity index is 793. The van der Waals surface area contributed by atoms with Crippen LogP contribution in [0.3, 0.4) is 0 Å². The van der Waals surface area contributed by atoms with E-state index in [1.165, 1.54) is 13.3 Å². The van der Waals surface area contributed by atoms with Crippen LogP contribution in [0.1, 0.15) is 26.2 Å². The van der Waals surface area contributed by atoms with Gasteiger partial charge in [0.25, 0.3) is 0 Å². The van der Waals surface area contributed by atoms with Crippen molar-refractivity contribution in [1.29, 1.82) is 0 Å². The van der Waals surface area contributed by atoms with E-state index in [4.69, 9.17) is 0 Å². The summed E-state index contributed by atoms with van der Waals surface area (Å²) in [6, 6.07) is 9.22. The molecule has 2 aromatic rings. The molecule has 1 aliphatic heterocycles. The van der Waals surface area contributed by atoms with Crippen LogP contribution in [0.15, 0.2) is 36.7 Å². The normalized spacial score (nSPS) is 13.5. The first kappa shape index (κ1) is 18.6. The molecule has 27 heavy (non-hydrogen) atoms. The van der Waals surface area contributed by atoms with Gasteiger partial charge in [0.15, 0.2) is 0 Å². The van der Waals surface area contributed by atoms with Crippen molar-refractivity contribution in [3.8, 4) is 0 Å². The topological polar surface area (TPSA) is 99.2 Å². The molecule has 1 aliphatic rings. The van der Waals surface area contributed by atoms with Gasteiger partial charge in [-0.2, -0.15) is 0 Å². The highest BCUT2D eigenvalue weighted by Crippen LogP contribution is 2.19. The van der Waals surface area contributed by atoms with Gasteiger partial charge in [-0.05, 0) is 37.1 Å². The number of nitrogens with zero attached hydrogens (tertiary/aromatic N) is 3. The van der Waals surface area contributed by atoms with Crippen molar-refractivity contribution in [1.82, 2.24) is 14.9 Å². The van der Waals surface area contributed by atoms with Gasteiger partial charge in [-0.15, -0.1) is 0 Å². The van der Waals surface area contributed by atoms with Crippen LogP contribution in [-0.2, 0) is 9.59 Å². The lowest BCUT2D eigenvalue weighted by Gasteiger charge is -2.15. The number of anilines is 4. The van der Waals surface area contributed by atoms with Gasteiger partial charge in [-0.3, -0.25) is 9.59 Å². The molecule has 8 heteroatoms. The molecule has 0 aliphatic carbocycles. The third-order valence-electron chi connectivity index (χ3n) is 4.23. The molecule has 2 heterocycles. The second kappa shape index (κ2) is 8.98. The molecule has 0 saturated carbocycles. The third-order valence-corrected chi connectivity index (χ3v) is 4.23. The number of nitrogens with one attached hydrogen (secondary N) is 3. The summed E-state index contributed by atoms with van der Waals surface area (Å²) >= 11 is 0. The summed E-state index contributed by atoms with van der Waals surface area (Å²) in [5.41, 5.74) is 1.61. The number of carbonyl (C=O) groups is 2. The molecular weight excluding hydrogens is 344 g/mol. The molecule has 1 aromatic heterocycles. The van der Waals surface area contributed by atoms with E-state index in [0.29, 0.717) is 12.2 Å². The zero-order valence-electron chi connectivity index (χ0n) is 15.4. The maximum absolute atomic E-state index is 11.6. The quantitative estimate of drug-likeness (QED) is 0.620. The number of likely N-dealkylation sites (tertiary alicyclic amines) is 1. The first-order chi connectivity index (χ1) is 13.1. The first-order valence-electron chi connectivity index (χ1n) is 9.08. The van der Waals surface area contributed by atoms with E-state index in [-0.39, 0.29) is 11.8 Å². The molecule has 0 unspecified atom stereocenters. The lowest BCUT2D eigenvalue weighted by Crippen LogP contribution is -2.27. The summed E-state index contributed by atoms with van der Waals surface area (Å²) in [6.45, 7) is 3.88. The Morgan fingerprint density at radius 2 is 1.89 bits per heavy atom. The van der Waals surface area contributed by atoms with Gasteiger partial charge in [0.2, 0.25) is 11.8 Å². The average molecular weight is 368 g/mol. The first-order valence-corrected chi connectivity index (χ1v) is 9.08. The Labute approximate surface area is 158 Å². The Morgan fingerprint density at radius 1 is 1.15 bits per heavy atom. The Morgan fingerprint density at radius 3 is 2.59 bits per heavy atom. The average Bonchev–Trinajstić information content (AvgIpc) is 3.05. The van der Waals surface area contributed by atoms with E-state index in [0.717, 1.165) is 49.7 Å². The SMILES string of the molecule is CC(=O)Nc1ccc(Nc2cc(NCCCN3CCCC3=O)ncn2)cc1. The van der Waals surface area contributed by atoms with Crippen LogP contribution >= 0.6 is 0 Å². The van der Waals surface area contributed by atoms with Crippen molar-refractivity contribution < 1.29 is 9.59 Å². The smallest absolute Gasteiger partial charge is 0.222 e. The van der Waals surface area contributed by atoms with E-state index in [9.17, 15) is 9.59 Å². The standard InChI is InChI=1S/C19H24N6O2/c1-14(26)23-15-5-7-16(8-6-15)24-18-12-17(21-13-22-18)20-9-3-11-25-10-2-4-19(25)27/h5-8,12-13H,2-4,9-11H2,1H3,(H,23,26)(H2,20,21,22,24). The summed E-state index contributed by atoms with van der Waals surface area (Å²) in [5, 5.41) is 9.20. The lowest BCUT2D eigenvalue weighted by atomic mass is 10.2. The van der Waals surface area contributed by atoms with Crippen LogP contribution in [0.4, 0.5) is 23.0 Å². The van der Waals surface area contributed by atoms with Gasteiger partial charge in [0.05, 0.1) is 0 Å². The fraction of sp³-hybridized carbons (Fsp3) is 0.368. The molecule has 0 spiro atoms. The minimum atomic E-state index is -0.101. The van der Waals surface area contributed by atoms with Crippen LogP contribution in [0.5, 0.6) is 0 Å². The summed E-state index contributed by atoms with van der Waals surface area (Å²) in [4.78, 5) is 33.0. The largest absolute Gasteiger partial charge is 0.370 e. The number of aromatic nitrogens is 2. The van der Waals surface area contributed by atoms with Crippen molar-refractivity contribution in [2.75, 3.05) is 35.6 Å². The van der Waals surface area contributed by atoms with Gasteiger partial charge >= 0.3 is 0 Å². The molecule has 3 N–H and O–H groups in total. The maximum Gasteiger partial charge on any atom is 0.222 e. The van der Waals surface area contributed by atoms with Crippen LogP contribution in [0.25, 0.3) is 0 Å². The van der Waals surface area contributed by atoms with Crippen LogP contribution in [0.2, 0.25) is 0 Å². The summed E-state index contributed by atoms with van der Waals surface area (Å²) in [7, 11) is 0. The molecule has 3 rings (SSSR count). The summed E-state index contributed by atoms with van der Waals surface area (Å²) in [6.07, 6.45) is 4.03. The highest BCUT2D eigenvalue weighted by molar-refractivity contribution is 5.88. The number of hydrogen-bond acceptors (Lipinski definition) is 6. The van der Waals surface area contributed by atoms with Crippen molar-refractivity contribution in [2.45, 2.75) is 26.2 Å². The van der Waals surface area contributed by atoms with Gasteiger partial charge in [0.1, 0.15) is 18.0 Å². The lowest BCUT2D eigenvalue weighted by molar-refractivity contribution is -0.127. The highest BCUT2D eigenvalue weighted by atomic mass is 16.2. The molecule has 2 amide bonds. The Kier molecular flexibility index (Phi) is 6.19. The van der Waals surface area contributed by atoms with Gasteiger partial charge in [-0.25, -0.2) is 9.97 Å². The fourth-order valence-corrected chi connectivity index (χ4v) is 2.94. The third kappa shape index (κ3) is 5.67. The van der Waals surface area contributed by atoms with Crippen molar-refractivity contribution in [2.24, 2.45) is 0 Å². The number of rotatable bonds is 8. The summed E-state index contributed by atoms with van der Waals surface area (Å²) in [5.74, 6) is 1.56. The zero-order chi connectivity index (χ0) is 19.1. The minimum absolute atomic E-state index is 0.101. The molecule has 1 aromatic carbocycles. The predicted octanol–water partition coefficient (Wildman–Crippen LogP) is 2.60. The number of benzene rings is 1. The molecular formula is C19H24N6O2. The molecule has 142 valence electrons. The Hall–Kier alpha value is -3.16. The maximum atomic E-state index is 11.6. The summed E-state index contributed by atoms with van der Waals surface area (Å²) < 4.78 is 0. The van der Waals surface area contributed by atoms with E-state index < -0.39 is 0 Å². The number of hydrogen-bond donors (Lipinski definition) is 3. The van der Waals surface area contributed by atoms with Crippen LogP contribution in [0, 0.1) is 0 Å². The molecule has 0 bridgehead atoms. The predicted molar refractivity (Wildman–Crippen MR) is 105 cm³/mol. The van der Waals surface area contributed by atoms with E-state index in [1.807, 2.05) is 35.2 Å². The number of carbonyl (C=O) groups excluding carboxylic acids is 2. The highest BCUT2D eigenvalue weighted by Gasteiger charge is 2.18. The van der Waals surface area contributed by atoms with E-state index in [2.05, 4.69) is 25.9 Å². The Balaban J connectivity index is 1.48.